The molecule has 0 aliphatic carbocycles. The van der Waals surface area contributed by atoms with E-state index in [-0.39, 0.29) is 5.91 Å². The van der Waals surface area contributed by atoms with Gasteiger partial charge < -0.3 is 24.6 Å². The molecule has 0 saturated carbocycles. The molecule has 8 heteroatoms. The predicted octanol–water partition coefficient (Wildman–Crippen LogP) is 1.57. The lowest BCUT2D eigenvalue weighted by molar-refractivity contribution is 0.0945. The van der Waals surface area contributed by atoms with Crippen LogP contribution in [0.15, 0.2) is 30.3 Å². The van der Waals surface area contributed by atoms with Crippen molar-refractivity contribution in [2.45, 2.75) is 13.5 Å². The fourth-order valence-electron chi connectivity index (χ4n) is 3.17. The highest BCUT2D eigenvalue weighted by Crippen LogP contribution is 2.27. The van der Waals surface area contributed by atoms with Crippen molar-refractivity contribution < 1.29 is 14.3 Å². The summed E-state index contributed by atoms with van der Waals surface area (Å²) >= 11 is 0. The molecule has 0 atom stereocenters. The van der Waals surface area contributed by atoms with Crippen LogP contribution >= 0.6 is 0 Å². The minimum Gasteiger partial charge on any atom is -0.493 e. The second-order valence-electron chi connectivity index (χ2n) is 6.57. The smallest absolute Gasteiger partial charge is 0.272 e. The molecule has 1 aliphatic heterocycles. The molecule has 1 aromatic heterocycles. The van der Waals surface area contributed by atoms with Crippen molar-refractivity contribution in [1.29, 1.82) is 0 Å². The minimum atomic E-state index is -0.260. The van der Waals surface area contributed by atoms with E-state index in [4.69, 9.17) is 9.47 Å². The SMILES string of the molecule is CCN1CCN(c2ccc(C(=O)NCc3ccc(OC)c(OC)c3)nn2)CC1. The van der Waals surface area contributed by atoms with E-state index in [0.717, 1.165) is 44.1 Å². The Bertz CT molecular complexity index is 789. The molecule has 0 bridgehead atoms. The molecule has 1 fully saturated rings. The number of nitrogens with one attached hydrogen (secondary N) is 1. The fourth-order valence-corrected chi connectivity index (χ4v) is 3.17. The van der Waals surface area contributed by atoms with Gasteiger partial charge in [0.05, 0.1) is 14.2 Å². The van der Waals surface area contributed by atoms with E-state index in [1.165, 1.54) is 0 Å². The predicted molar refractivity (Wildman–Crippen MR) is 107 cm³/mol. The average molecular weight is 385 g/mol. The molecule has 150 valence electrons. The number of rotatable bonds is 7. The van der Waals surface area contributed by atoms with Crippen molar-refractivity contribution in [3.05, 3.63) is 41.6 Å². The number of likely N-dealkylation sites (N-methyl/N-ethyl adjacent to an activating group) is 1. The van der Waals surface area contributed by atoms with Gasteiger partial charge >= 0.3 is 0 Å². The van der Waals surface area contributed by atoms with Crippen molar-refractivity contribution in [2.24, 2.45) is 0 Å². The molecule has 1 saturated heterocycles. The van der Waals surface area contributed by atoms with Crippen LogP contribution in [0.25, 0.3) is 0 Å². The lowest BCUT2D eigenvalue weighted by atomic mass is 10.2. The molecule has 1 amide bonds. The Morgan fingerprint density at radius 2 is 1.79 bits per heavy atom. The molecule has 1 N–H and O–H groups in total. The van der Waals surface area contributed by atoms with Gasteiger partial charge in [0.15, 0.2) is 23.0 Å². The van der Waals surface area contributed by atoms with Gasteiger partial charge in [-0.25, -0.2) is 0 Å². The molecule has 3 rings (SSSR count). The first-order chi connectivity index (χ1) is 13.6. The maximum absolute atomic E-state index is 12.4. The molecule has 2 heterocycles. The molecular formula is C20H27N5O3. The van der Waals surface area contributed by atoms with Crippen LogP contribution in [0.4, 0.5) is 5.82 Å². The van der Waals surface area contributed by atoms with E-state index in [1.54, 1.807) is 20.3 Å². The summed E-state index contributed by atoms with van der Waals surface area (Å²) in [6, 6.07) is 9.11. The third-order valence-electron chi connectivity index (χ3n) is 4.93. The number of anilines is 1. The maximum atomic E-state index is 12.4. The summed E-state index contributed by atoms with van der Waals surface area (Å²) in [5.74, 6) is 1.83. The highest BCUT2D eigenvalue weighted by molar-refractivity contribution is 5.92. The Morgan fingerprint density at radius 3 is 2.39 bits per heavy atom. The lowest BCUT2D eigenvalue weighted by Gasteiger charge is -2.34. The molecule has 8 nitrogen and oxygen atoms in total. The Morgan fingerprint density at radius 1 is 1.04 bits per heavy atom. The summed E-state index contributed by atoms with van der Waals surface area (Å²) < 4.78 is 10.5. The summed E-state index contributed by atoms with van der Waals surface area (Å²) in [5, 5.41) is 11.2. The number of carbonyl (C=O) groups is 1. The van der Waals surface area contributed by atoms with E-state index in [0.29, 0.717) is 23.7 Å². The van der Waals surface area contributed by atoms with Crippen LogP contribution in [0.3, 0.4) is 0 Å². The molecule has 0 unspecified atom stereocenters. The van der Waals surface area contributed by atoms with Crippen molar-refractivity contribution in [3.8, 4) is 11.5 Å². The van der Waals surface area contributed by atoms with Crippen LogP contribution < -0.4 is 19.7 Å². The third-order valence-corrected chi connectivity index (χ3v) is 4.93. The summed E-state index contributed by atoms with van der Waals surface area (Å²) in [6.45, 7) is 7.49. The summed E-state index contributed by atoms with van der Waals surface area (Å²) in [7, 11) is 3.17. The number of ether oxygens (including phenoxy) is 2. The van der Waals surface area contributed by atoms with Gasteiger partial charge in [0.25, 0.3) is 5.91 Å². The zero-order valence-electron chi connectivity index (χ0n) is 16.6. The van der Waals surface area contributed by atoms with Crippen molar-refractivity contribution in [1.82, 2.24) is 20.4 Å². The number of hydrogen-bond acceptors (Lipinski definition) is 7. The molecule has 0 spiro atoms. The largest absolute Gasteiger partial charge is 0.493 e. The number of piperazine rings is 1. The number of nitrogens with zero attached hydrogens (tertiary/aromatic N) is 4. The number of hydrogen-bond donors (Lipinski definition) is 1. The zero-order chi connectivity index (χ0) is 19.9. The molecule has 1 aromatic carbocycles. The standard InChI is InChI=1S/C20H27N5O3/c1-4-24-9-11-25(12-10-24)19-8-6-16(22-23-19)20(26)21-14-15-5-7-17(27-2)18(13-15)28-3/h5-8,13H,4,9-12,14H2,1-3H3,(H,21,26). The quantitative estimate of drug-likeness (QED) is 0.775. The van der Waals surface area contributed by atoms with E-state index in [1.807, 2.05) is 24.3 Å². The first-order valence-corrected chi connectivity index (χ1v) is 9.44. The maximum Gasteiger partial charge on any atom is 0.272 e. The lowest BCUT2D eigenvalue weighted by Crippen LogP contribution is -2.46. The normalized spacial score (nSPS) is 14.6. The number of methoxy groups -OCH3 is 2. The van der Waals surface area contributed by atoms with Gasteiger partial charge in [-0.3, -0.25) is 4.79 Å². The minimum absolute atomic E-state index is 0.260. The molecule has 28 heavy (non-hydrogen) atoms. The zero-order valence-corrected chi connectivity index (χ0v) is 16.6. The molecule has 0 radical (unpaired) electrons. The van der Waals surface area contributed by atoms with Gasteiger partial charge in [0, 0.05) is 32.7 Å². The van der Waals surface area contributed by atoms with Crippen LogP contribution in [0, 0.1) is 0 Å². The van der Waals surface area contributed by atoms with Crippen molar-refractivity contribution >= 4 is 11.7 Å². The molecule has 1 aliphatic rings. The summed E-state index contributed by atoms with van der Waals surface area (Å²) in [4.78, 5) is 17.0. The van der Waals surface area contributed by atoms with Crippen LogP contribution in [0.1, 0.15) is 23.0 Å². The van der Waals surface area contributed by atoms with Gasteiger partial charge in [-0.05, 0) is 36.4 Å². The van der Waals surface area contributed by atoms with Crippen LogP contribution in [0.2, 0.25) is 0 Å². The van der Waals surface area contributed by atoms with E-state index >= 15 is 0 Å². The van der Waals surface area contributed by atoms with E-state index in [9.17, 15) is 4.79 Å². The van der Waals surface area contributed by atoms with Gasteiger partial charge in [0.1, 0.15) is 0 Å². The first-order valence-electron chi connectivity index (χ1n) is 9.44. The highest BCUT2D eigenvalue weighted by atomic mass is 16.5. The van der Waals surface area contributed by atoms with Crippen LogP contribution in [0.5, 0.6) is 11.5 Å². The molecule has 2 aromatic rings. The number of aromatic nitrogens is 2. The number of amides is 1. The summed E-state index contributed by atoms with van der Waals surface area (Å²) in [6.07, 6.45) is 0. The van der Waals surface area contributed by atoms with E-state index < -0.39 is 0 Å². The monoisotopic (exact) mass is 385 g/mol. The molecular weight excluding hydrogens is 358 g/mol. The van der Waals surface area contributed by atoms with E-state index in [2.05, 4.69) is 32.2 Å². The first kappa shape index (κ1) is 19.9. The Kier molecular flexibility index (Phi) is 6.65. The third kappa shape index (κ3) is 4.69. The number of carbonyl (C=O) groups excluding carboxylic acids is 1. The van der Waals surface area contributed by atoms with Crippen LogP contribution in [-0.2, 0) is 6.54 Å². The Labute approximate surface area is 165 Å². The fraction of sp³-hybridized carbons (Fsp3) is 0.450. The Hall–Kier alpha value is -2.87. The van der Waals surface area contributed by atoms with Crippen molar-refractivity contribution in [3.63, 3.8) is 0 Å². The van der Waals surface area contributed by atoms with Crippen LogP contribution in [-0.4, -0.2) is 67.9 Å². The second kappa shape index (κ2) is 9.36. The highest BCUT2D eigenvalue weighted by Gasteiger charge is 2.18. The topological polar surface area (TPSA) is 79.8 Å². The number of benzene rings is 1. The van der Waals surface area contributed by atoms with Gasteiger partial charge in [-0.1, -0.05) is 13.0 Å². The summed E-state index contributed by atoms with van der Waals surface area (Å²) in [5.41, 5.74) is 1.21. The van der Waals surface area contributed by atoms with Gasteiger partial charge in [0.2, 0.25) is 0 Å². The van der Waals surface area contributed by atoms with Gasteiger partial charge in [-0.2, -0.15) is 0 Å². The average Bonchev–Trinajstić information content (AvgIpc) is 2.77. The second-order valence-corrected chi connectivity index (χ2v) is 6.57. The van der Waals surface area contributed by atoms with Gasteiger partial charge in [-0.15, -0.1) is 10.2 Å². The Balaban J connectivity index is 1.56. The van der Waals surface area contributed by atoms with Crippen molar-refractivity contribution in [2.75, 3.05) is 51.8 Å².